The van der Waals surface area contributed by atoms with Crippen LogP contribution in [-0.2, 0) is 16.1 Å². The number of hydrogen-bond acceptors (Lipinski definition) is 6. The smallest absolute Gasteiger partial charge is 0.292 e. The zero-order valence-electron chi connectivity index (χ0n) is 17.5. The summed E-state index contributed by atoms with van der Waals surface area (Å²) < 4.78 is 22.3. The molecular formula is C23H26N2O6. The minimum atomic E-state index is -0.762. The van der Waals surface area contributed by atoms with Crippen LogP contribution >= 0.6 is 0 Å². The number of furan rings is 1. The maximum Gasteiger partial charge on any atom is 0.292 e. The van der Waals surface area contributed by atoms with Crippen molar-refractivity contribution in [1.82, 2.24) is 10.2 Å². The van der Waals surface area contributed by atoms with Crippen LogP contribution in [0.2, 0.25) is 0 Å². The number of benzene rings is 1. The molecule has 3 unspecified atom stereocenters. The summed E-state index contributed by atoms with van der Waals surface area (Å²) in [5, 5.41) is 2.96. The standard InChI is InChI=1S/C23H26N2O6/c1-15-4-2-8-23(11-15)25(22(27)19-5-3-9-28-19)17(13-31-23)21(26)24-12-16-6-7-18-20(10-16)30-14-29-18/h3,5-7,9-10,15,17H,2,4,8,11-14H2,1H3,(H,24,26). The molecule has 0 bridgehead atoms. The molecule has 8 heteroatoms. The van der Waals surface area contributed by atoms with E-state index in [-0.39, 0.29) is 31.0 Å². The Morgan fingerprint density at radius 2 is 2.10 bits per heavy atom. The predicted molar refractivity (Wildman–Crippen MR) is 109 cm³/mol. The first-order valence-electron chi connectivity index (χ1n) is 10.7. The van der Waals surface area contributed by atoms with E-state index in [0.29, 0.717) is 30.4 Å². The van der Waals surface area contributed by atoms with Gasteiger partial charge in [-0.15, -0.1) is 0 Å². The summed E-state index contributed by atoms with van der Waals surface area (Å²) in [5.74, 6) is 1.45. The Morgan fingerprint density at radius 3 is 2.90 bits per heavy atom. The van der Waals surface area contributed by atoms with Gasteiger partial charge in [0.25, 0.3) is 5.91 Å². The Balaban J connectivity index is 1.35. The summed E-state index contributed by atoms with van der Waals surface area (Å²) in [4.78, 5) is 28.1. The van der Waals surface area contributed by atoms with E-state index >= 15 is 0 Å². The molecule has 1 aromatic heterocycles. The zero-order valence-corrected chi connectivity index (χ0v) is 17.5. The van der Waals surface area contributed by atoms with Gasteiger partial charge in [-0.2, -0.15) is 0 Å². The topological polar surface area (TPSA) is 90.2 Å². The normalized spacial score (nSPS) is 26.9. The van der Waals surface area contributed by atoms with Gasteiger partial charge in [-0.3, -0.25) is 14.5 Å². The minimum absolute atomic E-state index is 0.173. The molecule has 2 amide bonds. The van der Waals surface area contributed by atoms with Crippen molar-refractivity contribution in [2.45, 2.75) is 50.9 Å². The quantitative estimate of drug-likeness (QED) is 0.808. The number of hydrogen-bond donors (Lipinski definition) is 1. The van der Waals surface area contributed by atoms with Crippen LogP contribution in [0.5, 0.6) is 11.5 Å². The Bertz CT molecular complexity index is 974. The Labute approximate surface area is 180 Å². The lowest BCUT2D eigenvalue weighted by molar-refractivity contribution is -0.128. The largest absolute Gasteiger partial charge is 0.459 e. The van der Waals surface area contributed by atoms with Crippen LogP contribution in [-0.4, -0.2) is 41.9 Å². The summed E-state index contributed by atoms with van der Waals surface area (Å²) in [5.41, 5.74) is 0.129. The molecule has 31 heavy (non-hydrogen) atoms. The van der Waals surface area contributed by atoms with Gasteiger partial charge in [0.15, 0.2) is 17.3 Å². The fourth-order valence-electron chi connectivity index (χ4n) is 4.88. The Morgan fingerprint density at radius 1 is 1.23 bits per heavy atom. The maximum absolute atomic E-state index is 13.3. The Hall–Kier alpha value is -3.00. The minimum Gasteiger partial charge on any atom is -0.459 e. The van der Waals surface area contributed by atoms with Crippen LogP contribution in [0.15, 0.2) is 41.0 Å². The molecule has 1 aliphatic carbocycles. The van der Waals surface area contributed by atoms with Crippen LogP contribution in [0.1, 0.15) is 48.7 Å². The fraction of sp³-hybridized carbons (Fsp3) is 0.478. The van der Waals surface area contributed by atoms with Crippen LogP contribution in [0, 0.1) is 5.92 Å². The number of fused-ring (bicyclic) bond motifs is 1. The number of amides is 2. The molecule has 3 atom stereocenters. The molecule has 1 N–H and O–H groups in total. The molecule has 1 saturated carbocycles. The number of rotatable bonds is 4. The van der Waals surface area contributed by atoms with Crippen molar-refractivity contribution in [1.29, 1.82) is 0 Å². The first kappa shape index (κ1) is 19.9. The third-order valence-corrected chi connectivity index (χ3v) is 6.35. The van der Waals surface area contributed by atoms with E-state index in [1.807, 2.05) is 18.2 Å². The molecule has 2 aromatic rings. The van der Waals surface area contributed by atoms with Crippen molar-refractivity contribution >= 4 is 11.8 Å². The monoisotopic (exact) mass is 426 g/mol. The van der Waals surface area contributed by atoms with E-state index < -0.39 is 11.8 Å². The van der Waals surface area contributed by atoms with Crippen LogP contribution < -0.4 is 14.8 Å². The molecular weight excluding hydrogens is 400 g/mol. The Kier molecular flexibility index (Phi) is 5.09. The molecule has 8 nitrogen and oxygen atoms in total. The highest BCUT2D eigenvalue weighted by atomic mass is 16.7. The molecule has 1 aromatic carbocycles. The average molecular weight is 426 g/mol. The van der Waals surface area contributed by atoms with Gasteiger partial charge in [0, 0.05) is 6.54 Å². The van der Waals surface area contributed by atoms with E-state index in [2.05, 4.69) is 12.2 Å². The second-order valence-corrected chi connectivity index (χ2v) is 8.53. The fourth-order valence-corrected chi connectivity index (χ4v) is 4.88. The molecule has 1 spiro atoms. The zero-order chi connectivity index (χ0) is 21.4. The van der Waals surface area contributed by atoms with Gasteiger partial charge >= 0.3 is 0 Å². The number of nitrogens with one attached hydrogen (secondary N) is 1. The van der Waals surface area contributed by atoms with Crippen LogP contribution in [0.3, 0.4) is 0 Å². The molecule has 0 radical (unpaired) electrons. The summed E-state index contributed by atoms with van der Waals surface area (Å²) in [7, 11) is 0. The molecule has 2 aliphatic heterocycles. The van der Waals surface area contributed by atoms with E-state index in [9.17, 15) is 9.59 Å². The highest BCUT2D eigenvalue weighted by Gasteiger charge is 2.54. The van der Waals surface area contributed by atoms with Crippen molar-refractivity contribution in [2.75, 3.05) is 13.4 Å². The van der Waals surface area contributed by atoms with Gasteiger partial charge in [-0.25, -0.2) is 0 Å². The lowest BCUT2D eigenvalue weighted by atomic mass is 9.83. The van der Waals surface area contributed by atoms with Gasteiger partial charge in [0.05, 0.1) is 12.9 Å². The van der Waals surface area contributed by atoms with Gasteiger partial charge in [0.1, 0.15) is 11.8 Å². The number of nitrogens with zero attached hydrogens (tertiary/aromatic N) is 1. The van der Waals surface area contributed by atoms with Crippen molar-refractivity contribution in [3.05, 3.63) is 47.9 Å². The van der Waals surface area contributed by atoms with Crippen molar-refractivity contribution in [3.8, 4) is 11.5 Å². The third-order valence-electron chi connectivity index (χ3n) is 6.35. The summed E-state index contributed by atoms with van der Waals surface area (Å²) >= 11 is 0. The number of carbonyl (C=O) groups excluding carboxylic acids is 2. The van der Waals surface area contributed by atoms with Crippen LogP contribution in [0.25, 0.3) is 0 Å². The van der Waals surface area contributed by atoms with E-state index in [4.69, 9.17) is 18.6 Å². The number of carbonyl (C=O) groups is 2. The maximum atomic E-state index is 13.3. The van der Waals surface area contributed by atoms with E-state index in [1.54, 1.807) is 17.0 Å². The van der Waals surface area contributed by atoms with E-state index in [1.165, 1.54) is 6.26 Å². The molecule has 164 valence electrons. The average Bonchev–Trinajstić information content (AvgIpc) is 3.51. The molecule has 2 fully saturated rings. The SMILES string of the molecule is CC1CCCC2(C1)OCC(C(=O)NCc1ccc3c(c1)OCO3)N2C(=O)c1ccco1. The summed E-state index contributed by atoms with van der Waals surface area (Å²) in [6.45, 7) is 2.85. The second kappa shape index (κ2) is 7.92. The number of ether oxygens (including phenoxy) is 3. The first-order chi connectivity index (χ1) is 15.1. The van der Waals surface area contributed by atoms with Gasteiger partial charge in [-0.05, 0) is 55.0 Å². The van der Waals surface area contributed by atoms with Crippen molar-refractivity contribution in [2.24, 2.45) is 5.92 Å². The molecule has 1 saturated heterocycles. The summed E-state index contributed by atoms with van der Waals surface area (Å²) in [6, 6.07) is 8.15. The van der Waals surface area contributed by atoms with E-state index in [0.717, 1.165) is 24.8 Å². The predicted octanol–water partition coefficient (Wildman–Crippen LogP) is 3.07. The van der Waals surface area contributed by atoms with Crippen LogP contribution in [0.4, 0.5) is 0 Å². The summed E-state index contributed by atoms with van der Waals surface area (Å²) in [6.07, 6.45) is 4.94. The third kappa shape index (κ3) is 3.65. The van der Waals surface area contributed by atoms with Crippen molar-refractivity contribution < 1.29 is 28.2 Å². The van der Waals surface area contributed by atoms with Gasteiger partial charge in [0.2, 0.25) is 12.7 Å². The lowest BCUT2D eigenvalue weighted by Crippen LogP contribution is -2.57. The van der Waals surface area contributed by atoms with Gasteiger partial charge < -0.3 is 23.9 Å². The molecule has 5 rings (SSSR count). The van der Waals surface area contributed by atoms with Gasteiger partial charge in [-0.1, -0.05) is 19.4 Å². The molecule has 3 aliphatic rings. The highest BCUT2D eigenvalue weighted by Crippen LogP contribution is 2.43. The lowest BCUT2D eigenvalue weighted by Gasteiger charge is -2.43. The highest BCUT2D eigenvalue weighted by molar-refractivity contribution is 5.96. The molecule has 3 heterocycles. The first-order valence-corrected chi connectivity index (χ1v) is 10.7. The van der Waals surface area contributed by atoms with Crippen molar-refractivity contribution in [3.63, 3.8) is 0 Å². The second-order valence-electron chi connectivity index (χ2n) is 8.53.